The Morgan fingerprint density at radius 3 is 2.50 bits per heavy atom. The molecule has 1 aromatic heterocycles. The highest BCUT2D eigenvalue weighted by Gasteiger charge is 2.35. The van der Waals surface area contributed by atoms with Crippen LogP contribution in [0.5, 0.6) is 0 Å². The predicted octanol–water partition coefficient (Wildman–Crippen LogP) is 3.79. The highest BCUT2D eigenvalue weighted by atomic mass is 16.3. The van der Waals surface area contributed by atoms with Gasteiger partial charge in [0.25, 0.3) is 5.91 Å². The van der Waals surface area contributed by atoms with Crippen molar-refractivity contribution in [2.75, 3.05) is 11.9 Å². The van der Waals surface area contributed by atoms with Gasteiger partial charge in [-0.1, -0.05) is 48.0 Å². The van der Waals surface area contributed by atoms with Crippen LogP contribution in [-0.2, 0) is 9.59 Å². The van der Waals surface area contributed by atoms with Crippen molar-refractivity contribution < 1.29 is 18.8 Å². The fourth-order valence-electron chi connectivity index (χ4n) is 3.03. The molecule has 0 saturated carbocycles. The molecule has 2 heterocycles. The molecule has 1 aliphatic heterocycles. The Morgan fingerprint density at radius 2 is 1.77 bits per heavy atom. The van der Waals surface area contributed by atoms with E-state index in [1.54, 1.807) is 24.3 Å². The Balaban J connectivity index is 1.44. The molecule has 0 bridgehead atoms. The van der Waals surface area contributed by atoms with Crippen molar-refractivity contribution in [3.05, 3.63) is 83.8 Å². The quantitative estimate of drug-likeness (QED) is 0.503. The lowest BCUT2D eigenvalue weighted by atomic mass is 10.2. The maximum absolute atomic E-state index is 12.6. The van der Waals surface area contributed by atoms with Crippen LogP contribution in [0.15, 0.2) is 76.8 Å². The van der Waals surface area contributed by atoms with Crippen molar-refractivity contribution in [2.45, 2.75) is 6.92 Å². The van der Waals surface area contributed by atoms with Crippen molar-refractivity contribution in [2.24, 2.45) is 0 Å². The number of furan rings is 1. The second-order valence-corrected chi connectivity index (χ2v) is 6.86. The van der Waals surface area contributed by atoms with Crippen LogP contribution in [0.1, 0.15) is 11.3 Å². The molecule has 0 radical (unpaired) electrons. The van der Waals surface area contributed by atoms with Gasteiger partial charge >= 0.3 is 6.03 Å². The van der Waals surface area contributed by atoms with E-state index in [0.717, 1.165) is 16.0 Å². The minimum absolute atomic E-state index is 0.0529. The minimum Gasteiger partial charge on any atom is -0.457 e. The lowest BCUT2D eigenvalue weighted by molar-refractivity contribution is -0.127. The monoisotopic (exact) mass is 401 g/mol. The average molecular weight is 401 g/mol. The van der Waals surface area contributed by atoms with Crippen LogP contribution in [0.3, 0.4) is 0 Å². The smallest absolute Gasteiger partial charge is 0.329 e. The van der Waals surface area contributed by atoms with Gasteiger partial charge in [0.2, 0.25) is 5.91 Å². The zero-order valence-electron chi connectivity index (χ0n) is 16.2. The second kappa shape index (κ2) is 8.08. The summed E-state index contributed by atoms with van der Waals surface area (Å²) in [5.74, 6) is 0.0155. The zero-order valence-corrected chi connectivity index (χ0v) is 16.2. The highest BCUT2D eigenvalue weighted by molar-refractivity contribution is 6.15. The van der Waals surface area contributed by atoms with Crippen LogP contribution < -0.4 is 10.6 Å². The van der Waals surface area contributed by atoms with E-state index >= 15 is 0 Å². The molecule has 2 aromatic carbocycles. The van der Waals surface area contributed by atoms with Crippen LogP contribution in [0.4, 0.5) is 10.5 Å². The van der Waals surface area contributed by atoms with Crippen LogP contribution in [0.25, 0.3) is 17.4 Å². The molecule has 0 spiro atoms. The zero-order chi connectivity index (χ0) is 21.1. The van der Waals surface area contributed by atoms with Gasteiger partial charge in [0.05, 0.1) is 0 Å². The number of imide groups is 1. The summed E-state index contributed by atoms with van der Waals surface area (Å²) in [5, 5.41) is 5.16. The van der Waals surface area contributed by atoms with Gasteiger partial charge in [0, 0.05) is 17.3 Å². The number of urea groups is 1. The molecule has 0 unspecified atom stereocenters. The van der Waals surface area contributed by atoms with E-state index in [2.05, 4.69) is 10.6 Å². The number of benzene rings is 2. The predicted molar refractivity (Wildman–Crippen MR) is 112 cm³/mol. The number of aryl methyl sites for hydroxylation is 1. The number of rotatable bonds is 5. The van der Waals surface area contributed by atoms with Crippen molar-refractivity contribution >= 4 is 29.6 Å². The van der Waals surface area contributed by atoms with Crippen LogP contribution in [0.2, 0.25) is 0 Å². The Labute approximate surface area is 173 Å². The maximum Gasteiger partial charge on any atom is 0.329 e. The first-order valence-corrected chi connectivity index (χ1v) is 9.36. The van der Waals surface area contributed by atoms with Gasteiger partial charge in [0.1, 0.15) is 23.8 Å². The first-order valence-electron chi connectivity index (χ1n) is 9.36. The van der Waals surface area contributed by atoms with Crippen LogP contribution >= 0.6 is 0 Å². The number of carbonyl (C=O) groups excluding carboxylic acids is 3. The number of nitrogens with one attached hydrogen (secondary N) is 2. The molecule has 7 heteroatoms. The summed E-state index contributed by atoms with van der Waals surface area (Å²) >= 11 is 0. The van der Waals surface area contributed by atoms with Crippen molar-refractivity contribution in [1.82, 2.24) is 10.2 Å². The number of anilines is 1. The number of nitrogens with zero attached hydrogens (tertiary/aromatic N) is 1. The molecule has 0 atom stereocenters. The van der Waals surface area contributed by atoms with Gasteiger partial charge in [-0.2, -0.15) is 0 Å². The Bertz CT molecular complexity index is 1130. The topological polar surface area (TPSA) is 91.7 Å². The molecule has 30 heavy (non-hydrogen) atoms. The highest BCUT2D eigenvalue weighted by Crippen LogP contribution is 2.24. The summed E-state index contributed by atoms with van der Waals surface area (Å²) in [6.45, 7) is 1.55. The SMILES string of the molecule is Cc1ccc(NC(=O)CN2C(=O)N/C(=C\c3ccc(-c4ccccc4)o3)C2=O)cc1. The van der Waals surface area contributed by atoms with Gasteiger partial charge < -0.3 is 15.1 Å². The van der Waals surface area contributed by atoms with E-state index in [1.165, 1.54) is 6.08 Å². The molecule has 2 N–H and O–H groups in total. The fourth-order valence-corrected chi connectivity index (χ4v) is 3.03. The molecular formula is C23H19N3O4. The summed E-state index contributed by atoms with van der Waals surface area (Å²) in [7, 11) is 0. The summed E-state index contributed by atoms with van der Waals surface area (Å²) in [4.78, 5) is 37.9. The van der Waals surface area contributed by atoms with Gasteiger partial charge in [-0.15, -0.1) is 0 Å². The minimum atomic E-state index is -0.653. The maximum atomic E-state index is 12.6. The van der Waals surface area contributed by atoms with E-state index in [0.29, 0.717) is 17.2 Å². The van der Waals surface area contributed by atoms with E-state index in [-0.39, 0.29) is 12.2 Å². The second-order valence-electron chi connectivity index (χ2n) is 6.86. The average Bonchev–Trinajstić information content (AvgIpc) is 3.31. The van der Waals surface area contributed by atoms with E-state index in [1.807, 2.05) is 49.4 Å². The van der Waals surface area contributed by atoms with E-state index < -0.39 is 17.8 Å². The molecule has 150 valence electrons. The largest absolute Gasteiger partial charge is 0.457 e. The standard InChI is InChI=1S/C23H19N3O4/c1-15-7-9-17(10-8-15)24-21(27)14-26-22(28)19(25-23(26)29)13-18-11-12-20(30-18)16-5-3-2-4-6-16/h2-13H,14H2,1H3,(H,24,27)(H,25,29)/b19-13-. The number of carbonyl (C=O) groups is 3. The number of amides is 4. The summed E-state index contributed by atoms with van der Waals surface area (Å²) < 4.78 is 5.74. The normalized spacial score (nSPS) is 14.8. The third kappa shape index (κ3) is 4.15. The van der Waals surface area contributed by atoms with E-state index in [4.69, 9.17) is 4.42 Å². The Kier molecular flexibility index (Phi) is 5.17. The van der Waals surface area contributed by atoms with Crippen LogP contribution in [0, 0.1) is 6.92 Å². The lowest BCUT2D eigenvalue weighted by Crippen LogP contribution is -2.38. The first kappa shape index (κ1) is 19.2. The first-order chi connectivity index (χ1) is 14.5. The molecule has 3 aromatic rings. The molecule has 7 nitrogen and oxygen atoms in total. The summed E-state index contributed by atoms with van der Waals surface area (Å²) in [5.41, 5.74) is 2.61. The molecule has 4 rings (SSSR count). The lowest BCUT2D eigenvalue weighted by Gasteiger charge is -2.12. The van der Waals surface area contributed by atoms with Gasteiger partial charge in [-0.05, 0) is 31.2 Å². The Hall–Kier alpha value is -4.13. The third-order valence-electron chi connectivity index (χ3n) is 4.57. The van der Waals surface area contributed by atoms with Crippen molar-refractivity contribution in [3.63, 3.8) is 0 Å². The summed E-state index contributed by atoms with van der Waals surface area (Å²) in [6, 6.07) is 19.6. The fraction of sp³-hybridized carbons (Fsp3) is 0.0870. The van der Waals surface area contributed by atoms with Gasteiger partial charge in [-0.3, -0.25) is 9.59 Å². The molecule has 4 amide bonds. The molecule has 0 aliphatic carbocycles. The Morgan fingerprint density at radius 1 is 1.03 bits per heavy atom. The number of hydrogen-bond acceptors (Lipinski definition) is 4. The number of hydrogen-bond donors (Lipinski definition) is 2. The van der Waals surface area contributed by atoms with Crippen molar-refractivity contribution in [1.29, 1.82) is 0 Å². The van der Waals surface area contributed by atoms with E-state index in [9.17, 15) is 14.4 Å². The summed E-state index contributed by atoms with van der Waals surface area (Å²) in [6.07, 6.45) is 1.45. The van der Waals surface area contributed by atoms with Gasteiger partial charge in [-0.25, -0.2) is 9.69 Å². The molecule has 1 fully saturated rings. The molecule has 1 saturated heterocycles. The molecular weight excluding hydrogens is 382 g/mol. The van der Waals surface area contributed by atoms with Gasteiger partial charge in [0.15, 0.2) is 0 Å². The van der Waals surface area contributed by atoms with Crippen molar-refractivity contribution in [3.8, 4) is 11.3 Å². The van der Waals surface area contributed by atoms with Crippen LogP contribution in [-0.4, -0.2) is 29.3 Å². The molecule has 1 aliphatic rings. The third-order valence-corrected chi connectivity index (χ3v) is 4.57.